The van der Waals surface area contributed by atoms with Crippen LogP contribution in [0.4, 0.5) is 4.39 Å². The summed E-state index contributed by atoms with van der Waals surface area (Å²) in [6, 6.07) is 4.92. The molecular formula is C13H12FNO2S2. The number of carbonyl (C=O) groups excluding carboxylic acids is 1. The van der Waals surface area contributed by atoms with Gasteiger partial charge in [0.2, 0.25) is 0 Å². The number of ether oxygens (including phenoxy) is 1. The van der Waals surface area contributed by atoms with Gasteiger partial charge in [-0.2, -0.15) is 0 Å². The number of thiazole rings is 1. The molecule has 19 heavy (non-hydrogen) atoms. The first kappa shape index (κ1) is 14.0. The summed E-state index contributed by atoms with van der Waals surface area (Å²) in [5, 5.41) is 2.07. The number of halogens is 1. The number of methoxy groups -OCH3 is 1. The number of aromatic nitrogens is 1. The Hall–Kier alpha value is -1.40. The standard InChI is InChI=1S/C13H12FNO2S2/c1-3-18-10-6-4-5-8(14)11(10)12-15-9(7-19-12)13(16)17-2/h4-7H,3H2,1-2H3. The van der Waals surface area contributed by atoms with Gasteiger partial charge in [0.1, 0.15) is 10.8 Å². The molecule has 3 nitrogen and oxygen atoms in total. The Labute approximate surface area is 118 Å². The lowest BCUT2D eigenvalue weighted by atomic mass is 10.2. The normalized spacial score (nSPS) is 10.5. The van der Waals surface area contributed by atoms with Gasteiger partial charge in [0.15, 0.2) is 5.69 Å². The second-order valence-electron chi connectivity index (χ2n) is 3.58. The predicted molar refractivity (Wildman–Crippen MR) is 75.2 cm³/mol. The molecule has 0 radical (unpaired) electrons. The van der Waals surface area contributed by atoms with Gasteiger partial charge in [0.25, 0.3) is 0 Å². The van der Waals surface area contributed by atoms with Crippen LogP contribution in [-0.4, -0.2) is 23.8 Å². The minimum Gasteiger partial charge on any atom is -0.464 e. The highest BCUT2D eigenvalue weighted by molar-refractivity contribution is 7.99. The van der Waals surface area contributed by atoms with E-state index >= 15 is 0 Å². The molecule has 0 unspecified atom stereocenters. The lowest BCUT2D eigenvalue weighted by Gasteiger charge is -2.06. The molecule has 0 bridgehead atoms. The molecule has 1 aromatic carbocycles. The first-order valence-corrected chi connectivity index (χ1v) is 7.49. The van der Waals surface area contributed by atoms with E-state index < -0.39 is 5.97 Å². The molecule has 0 amide bonds. The van der Waals surface area contributed by atoms with Crippen LogP contribution in [-0.2, 0) is 4.74 Å². The molecule has 100 valence electrons. The fourth-order valence-corrected chi connectivity index (χ4v) is 3.31. The highest BCUT2D eigenvalue weighted by Crippen LogP contribution is 2.35. The van der Waals surface area contributed by atoms with Gasteiger partial charge >= 0.3 is 5.97 Å². The molecule has 0 saturated carbocycles. The minimum atomic E-state index is -0.511. The Morgan fingerprint density at radius 2 is 2.32 bits per heavy atom. The summed E-state index contributed by atoms with van der Waals surface area (Å²) < 4.78 is 18.6. The zero-order chi connectivity index (χ0) is 13.8. The maximum atomic E-state index is 14.0. The number of hydrogen-bond donors (Lipinski definition) is 0. The van der Waals surface area contributed by atoms with Crippen molar-refractivity contribution in [2.45, 2.75) is 11.8 Å². The summed E-state index contributed by atoms with van der Waals surface area (Å²) in [5.41, 5.74) is 0.660. The van der Waals surface area contributed by atoms with Crippen LogP contribution in [0.25, 0.3) is 10.6 Å². The monoisotopic (exact) mass is 297 g/mol. The van der Waals surface area contributed by atoms with Crippen molar-refractivity contribution in [3.05, 3.63) is 35.1 Å². The summed E-state index contributed by atoms with van der Waals surface area (Å²) in [4.78, 5) is 16.3. The molecule has 0 fully saturated rings. The zero-order valence-corrected chi connectivity index (χ0v) is 12.1. The van der Waals surface area contributed by atoms with Crippen LogP contribution < -0.4 is 0 Å². The number of hydrogen-bond acceptors (Lipinski definition) is 5. The molecular weight excluding hydrogens is 285 g/mol. The van der Waals surface area contributed by atoms with Crippen molar-refractivity contribution in [3.8, 4) is 10.6 Å². The second kappa shape index (κ2) is 6.16. The van der Waals surface area contributed by atoms with Crippen LogP contribution >= 0.6 is 23.1 Å². The fourth-order valence-electron chi connectivity index (χ4n) is 1.57. The van der Waals surface area contributed by atoms with Crippen LogP contribution in [0.15, 0.2) is 28.5 Å². The molecule has 0 N–H and O–H groups in total. The summed E-state index contributed by atoms with van der Waals surface area (Å²) in [7, 11) is 1.29. The van der Waals surface area contributed by atoms with Crippen molar-refractivity contribution < 1.29 is 13.9 Å². The van der Waals surface area contributed by atoms with E-state index in [4.69, 9.17) is 0 Å². The maximum Gasteiger partial charge on any atom is 0.357 e. The smallest absolute Gasteiger partial charge is 0.357 e. The third kappa shape index (κ3) is 2.96. The molecule has 6 heteroatoms. The highest BCUT2D eigenvalue weighted by atomic mass is 32.2. The van der Waals surface area contributed by atoms with Gasteiger partial charge in [-0.1, -0.05) is 13.0 Å². The van der Waals surface area contributed by atoms with Crippen molar-refractivity contribution >= 4 is 29.1 Å². The summed E-state index contributed by atoms with van der Waals surface area (Å²) in [6.07, 6.45) is 0. The van der Waals surface area contributed by atoms with Gasteiger partial charge in [-0.05, 0) is 17.9 Å². The van der Waals surface area contributed by atoms with Gasteiger partial charge in [-0.25, -0.2) is 14.2 Å². The Kier molecular flexibility index (Phi) is 4.55. The van der Waals surface area contributed by atoms with Crippen LogP contribution in [0.3, 0.4) is 0 Å². The Bertz CT molecular complexity index is 598. The van der Waals surface area contributed by atoms with Crippen molar-refractivity contribution in [1.82, 2.24) is 4.98 Å². The minimum absolute atomic E-state index is 0.207. The molecule has 0 aliphatic heterocycles. The summed E-state index contributed by atoms with van der Waals surface area (Å²) in [5.74, 6) is -0.00107. The Balaban J connectivity index is 2.46. The second-order valence-corrected chi connectivity index (χ2v) is 5.74. The fraction of sp³-hybridized carbons (Fsp3) is 0.231. The number of rotatable bonds is 4. The average molecular weight is 297 g/mol. The van der Waals surface area contributed by atoms with Crippen LogP contribution in [0.1, 0.15) is 17.4 Å². The number of benzene rings is 1. The number of esters is 1. The number of thioether (sulfide) groups is 1. The van der Waals surface area contributed by atoms with E-state index in [0.717, 1.165) is 10.6 Å². The van der Waals surface area contributed by atoms with Gasteiger partial charge in [-0.3, -0.25) is 0 Å². The quantitative estimate of drug-likeness (QED) is 0.635. The first-order valence-electron chi connectivity index (χ1n) is 5.63. The van der Waals surface area contributed by atoms with Gasteiger partial charge < -0.3 is 4.74 Å². The van der Waals surface area contributed by atoms with E-state index in [-0.39, 0.29) is 11.5 Å². The van der Waals surface area contributed by atoms with Gasteiger partial charge in [0, 0.05) is 10.3 Å². The molecule has 0 spiro atoms. The maximum absolute atomic E-state index is 14.0. The summed E-state index contributed by atoms with van der Waals surface area (Å²) >= 11 is 2.78. The van der Waals surface area contributed by atoms with Crippen molar-refractivity contribution in [2.24, 2.45) is 0 Å². The van der Waals surface area contributed by atoms with E-state index in [1.54, 1.807) is 23.2 Å². The largest absolute Gasteiger partial charge is 0.464 e. The Morgan fingerprint density at radius 1 is 1.53 bits per heavy atom. The zero-order valence-electron chi connectivity index (χ0n) is 10.5. The van der Waals surface area contributed by atoms with Crippen LogP contribution in [0, 0.1) is 5.82 Å². The van der Waals surface area contributed by atoms with Crippen molar-refractivity contribution in [3.63, 3.8) is 0 Å². The van der Waals surface area contributed by atoms with Crippen LogP contribution in [0.5, 0.6) is 0 Å². The first-order chi connectivity index (χ1) is 9.17. The van der Waals surface area contributed by atoms with Gasteiger partial charge in [0.05, 0.1) is 12.7 Å². The lowest BCUT2D eigenvalue weighted by molar-refractivity contribution is 0.0595. The van der Waals surface area contributed by atoms with E-state index in [1.807, 2.05) is 13.0 Å². The average Bonchev–Trinajstić information content (AvgIpc) is 2.87. The predicted octanol–water partition coefficient (Wildman–Crippen LogP) is 3.85. The number of nitrogens with zero attached hydrogens (tertiary/aromatic N) is 1. The third-order valence-electron chi connectivity index (χ3n) is 2.39. The molecule has 2 rings (SSSR count). The lowest BCUT2D eigenvalue weighted by Crippen LogP contribution is -2.01. The molecule has 1 heterocycles. The van der Waals surface area contributed by atoms with Gasteiger partial charge in [-0.15, -0.1) is 23.1 Å². The van der Waals surface area contributed by atoms with E-state index in [2.05, 4.69) is 9.72 Å². The summed E-state index contributed by atoms with van der Waals surface area (Å²) in [6.45, 7) is 2.00. The van der Waals surface area contributed by atoms with Crippen molar-refractivity contribution in [1.29, 1.82) is 0 Å². The SMILES string of the molecule is CCSc1cccc(F)c1-c1nc(C(=O)OC)cs1. The molecule has 1 aromatic heterocycles. The topological polar surface area (TPSA) is 39.2 Å². The van der Waals surface area contributed by atoms with E-state index in [9.17, 15) is 9.18 Å². The molecule has 2 aromatic rings. The van der Waals surface area contributed by atoms with Crippen LogP contribution in [0.2, 0.25) is 0 Å². The van der Waals surface area contributed by atoms with E-state index in [0.29, 0.717) is 10.6 Å². The highest BCUT2D eigenvalue weighted by Gasteiger charge is 2.17. The molecule has 0 aliphatic rings. The number of carbonyl (C=O) groups is 1. The third-order valence-corrected chi connectivity index (χ3v) is 4.19. The molecule has 0 atom stereocenters. The molecule has 0 aliphatic carbocycles. The van der Waals surface area contributed by atoms with E-state index in [1.165, 1.54) is 24.5 Å². The molecule has 0 saturated heterocycles. The van der Waals surface area contributed by atoms with Crippen molar-refractivity contribution in [2.75, 3.05) is 12.9 Å². The Morgan fingerprint density at radius 3 is 3.00 bits per heavy atom.